The molecular weight excluding hydrogens is 192 g/mol. The highest BCUT2D eigenvalue weighted by Gasteiger charge is 2.13. The maximum Gasteiger partial charge on any atom is 0.325 e. The lowest BCUT2D eigenvalue weighted by Crippen LogP contribution is -2.24. The van der Waals surface area contributed by atoms with Crippen molar-refractivity contribution in [3.8, 4) is 0 Å². The summed E-state index contributed by atoms with van der Waals surface area (Å²) in [6, 6.07) is -0.325. The first-order chi connectivity index (χ1) is 5.90. The van der Waals surface area contributed by atoms with Crippen molar-refractivity contribution in [2.24, 2.45) is 0 Å². The molecule has 1 atom stereocenters. The maximum atomic E-state index is 11.1. The predicted octanol–water partition coefficient (Wildman–Crippen LogP) is -0.218. The van der Waals surface area contributed by atoms with E-state index in [1.807, 2.05) is 0 Å². The number of rotatable bonds is 3. The second-order valence-electron chi connectivity index (χ2n) is 3.11. The normalized spacial score (nSPS) is 14.3. The molecule has 1 heterocycles. The lowest BCUT2D eigenvalue weighted by Gasteiger charge is -2.09. The maximum absolute atomic E-state index is 11.1. The van der Waals surface area contributed by atoms with Gasteiger partial charge in [0.15, 0.2) is 0 Å². The second-order valence-corrected chi connectivity index (χ2v) is 5.30. The second kappa shape index (κ2) is 3.37. The van der Waals surface area contributed by atoms with E-state index in [1.54, 1.807) is 6.92 Å². The highest BCUT2D eigenvalue weighted by Crippen LogP contribution is 2.04. The smallest absolute Gasteiger partial charge is 0.313 e. The Morgan fingerprint density at radius 3 is 2.62 bits per heavy atom. The fourth-order valence-corrected chi connectivity index (χ4v) is 2.23. The Bertz CT molecular complexity index is 429. The van der Waals surface area contributed by atoms with Crippen molar-refractivity contribution in [1.29, 1.82) is 0 Å². The van der Waals surface area contributed by atoms with Crippen molar-refractivity contribution in [1.82, 2.24) is 9.55 Å². The van der Waals surface area contributed by atoms with Gasteiger partial charge in [-0.2, -0.15) is 0 Å². The molecule has 0 radical (unpaired) electrons. The van der Waals surface area contributed by atoms with E-state index < -0.39 is 9.84 Å². The van der Waals surface area contributed by atoms with Gasteiger partial charge in [-0.1, -0.05) is 0 Å². The van der Waals surface area contributed by atoms with Crippen molar-refractivity contribution < 1.29 is 8.42 Å². The Hall–Kier alpha value is -1.04. The monoisotopic (exact) mass is 204 g/mol. The number of H-pyrrole nitrogens is 1. The third kappa shape index (κ3) is 2.73. The molecule has 74 valence electrons. The Kier molecular flexibility index (Phi) is 2.60. The van der Waals surface area contributed by atoms with Gasteiger partial charge in [0.05, 0.1) is 5.75 Å². The molecule has 0 aliphatic carbocycles. The van der Waals surface area contributed by atoms with Crippen LogP contribution in [0.5, 0.6) is 0 Å². The van der Waals surface area contributed by atoms with Crippen molar-refractivity contribution >= 4 is 9.84 Å². The molecule has 0 amide bonds. The molecule has 6 heteroatoms. The van der Waals surface area contributed by atoms with Gasteiger partial charge >= 0.3 is 5.69 Å². The molecule has 1 N–H and O–H groups in total. The lowest BCUT2D eigenvalue weighted by atomic mass is 10.4. The molecular formula is C7H12N2O3S. The van der Waals surface area contributed by atoms with E-state index in [9.17, 15) is 13.2 Å². The van der Waals surface area contributed by atoms with Crippen LogP contribution in [0, 0.1) is 0 Å². The van der Waals surface area contributed by atoms with E-state index in [0.717, 1.165) is 6.26 Å². The van der Waals surface area contributed by atoms with Crippen molar-refractivity contribution in [2.45, 2.75) is 13.0 Å². The average Bonchev–Trinajstić information content (AvgIpc) is 2.30. The summed E-state index contributed by atoms with van der Waals surface area (Å²) in [5.74, 6) is -0.0231. The molecule has 0 aliphatic rings. The summed E-state index contributed by atoms with van der Waals surface area (Å²) in [4.78, 5) is 13.5. The van der Waals surface area contributed by atoms with Crippen LogP contribution in [-0.4, -0.2) is 30.0 Å². The molecule has 0 spiro atoms. The van der Waals surface area contributed by atoms with E-state index >= 15 is 0 Å². The van der Waals surface area contributed by atoms with Crippen LogP contribution in [0.1, 0.15) is 13.0 Å². The van der Waals surface area contributed by atoms with Crippen LogP contribution in [-0.2, 0) is 9.84 Å². The van der Waals surface area contributed by atoms with E-state index in [0.29, 0.717) is 0 Å². The molecule has 1 aromatic heterocycles. The summed E-state index contributed by atoms with van der Waals surface area (Å²) in [7, 11) is -3.04. The average molecular weight is 204 g/mol. The molecule has 1 aromatic rings. The number of nitrogens with one attached hydrogen (secondary N) is 1. The topological polar surface area (TPSA) is 71.9 Å². The summed E-state index contributed by atoms with van der Waals surface area (Å²) >= 11 is 0. The first-order valence-electron chi connectivity index (χ1n) is 3.83. The molecule has 0 bridgehead atoms. The Labute approximate surface area is 76.3 Å². The van der Waals surface area contributed by atoms with E-state index in [1.165, 1.54) is 17.0 Å². The molecule has 5 nitrogen and oxygen atoms in total. The molecule has 1 unspecified atom stereocenters. The number of aromatic amines is 1. The third-order valence-electron chi connectivity index (χ3n) is 1.70. The van der Waals surface area contributed by atoms with Crippen LogP contribution in [0.3, 0.4) is 0 Å². The van der Waals surface area contributed by atoms with Gasteiger partial charge in [0, 0.05) is 24.7 Å². The summed E-state index contributed by atoms with van der Waals surface area (Å²) in [6.07, 6.45) is 4.18. The van der Waals surface area contributed by atoms with Crippen LogP contribution in [0.15, 0.2) is 17.2 Å². The molecule has 1 rings (SSSR count). The summed E-state index contributed by atoms with van der Waals surface area (Å²) in [6.45, 7) is 1.69. The zero-order valence-electron chi connectivity index (χ0n) is 7.52. The van der Waals surface area contributed by atoms with Crippen LogP contribution in [0.2, 0.25) is 0 Å². The van der Waals surface area contributed by atoms with E-state index in [2.05, 4.69) is 4.98 Å². The highest BCUT2D eigenvalue weighted by atomic mass is 32.2. The van der Waals surface area contributed by atoms with Gasteiger partial charge < -0.3 is 4.98 Å². The number of imidazole rings is 1. The Balaban J connectivity index is 2.87. The number of nitrogens with zero attached hydrogens (tertiary/aromatic N) is 1. The highest BCUT2D eigenvalue weighted by molar-refractivity contribution is 7.90. The quantitative estimate of drug-likeness (QED) is 0.740. The third-order valence-corrected chi connectivity index (χ3v) is 2.78. The SMILES string of the molecule is CC(CS(C)(=O)=O)n1cc[nH]c1=O. The van der Waals surface area contributed by atoms with Crippen LogP contribution in [0.4, 0.5) is 0 Å². The van der Waals surface area contributed by atoms with Gasteiger partial charge in [-0.05, 0) is 6.92 Å². The zero-order valence-corrected chi connectivity index (χ0v) is 8.34. The van der Waals surface area contributed by atoms with Crippen LogP contribution >= 0.6 is 0 Å². The number of sulfone groups is 1. The van der Waals surface area contributed by atoms with Crippen molar-refractivity contribution in [3.05, 3.63) is 22.9 Å². The number of hydrogen-bond acceptors (Lipinski definition) is 3. The predicted molar refractivity (Wildman–Crippen MR) is 49.5 cm³/mol. The van der Waals surface area contributed by atoms with Gasteiger partial charge in [0.1, 0.15) is 9.84 Å². The van der Waals surface area contributed by atoms with E-state index in [4.69, 9.17) is 0 Å². The van der Waals surface area contributed by atoms with Crippen molar-refractivity contribution in [2.75, 3.05) is 12.0 Å². The van der Waals surface area contributed by atoms with Gasteiger partial charge in [-0.3, -0.25) is 4.57 Å². The standard InChI is InChI=1S/C7H12N2O3S/c1-6(5-13(2,11)12)9-4-3-8-7(9)10/h3-4,6H,5H2,1-2H3,(H,8,10). The molecule has 0 saturated carbocycles. The minimum atomic E-state index is -3.04. The largest absolute Gasteiger partial charge is 0.325 e. The number of aromatic nitrogens is 2. The van der Waals surface area contributed by atoms with E-state index in [-0.39, 0.29) is 17.5 Å². The summed E-state index contributed by atoms with van der Waals surface area (Å²) < 4.78 is 23.2. The number of hydrogen-bond donors (Lipinski definition) is 1. The minimum Gasteiger partial charge on any atom is -0.313 e. The van der Waals surface area contributed by atoms with Gasteiger partial charge in [0.2, 0.25) is 0 Å². The minimum absolute atomic E-state index is 0.0231. The fraction of sp³-hybridized carbons (Fsp3) is 0.571. The Morgan fingerprint density at radius 2 is 2.23 bits per heavy atom. The van der Waals surface area contributed by atoms with Gasteiger partial charge in [-0.15, -0.1) is 0 Å². The Morgan fingerprint density at radius 1 is 1.62 bits per heavy atom. The summed E-state index contributed by atoms with van der Waals surface area (Å²) in [5.41, 5.74) is -0.281. The summed E-state index contributed by atoms with van der Waals surface area (Å²) in [5, 5.41) is 0. The first kappa shape index (κ1) is 10.0. The fourth-order valence-electron chi connectivity index (χ4n) is 1.20. The zero-order chi connectivity index (χ0) is 10.1. The van der Waals surface area contributed by atoms with Crippen LogP contribution in [0.25, 0.3) is 0 Å². The lowest BCUT2D eigenvalue weighted by molar-refractivity contribution is 0.552. The van der Waals surface area contributed by atoms with Gasteiger partial charge in [-0.25, -0.2) is 13.2 Å². The molecule has 0 aromatic carbocycles. The molecule has 13 heavy (non-hydrogen) atoms. The van der Waals surface area contributed by atoms with Gasteiger partial charge in [0.25, 0.3) is 0 Å². The molecule has 0 fully saturated rings. The van der Waals surface area contributed by atoms with Crippen molar-refractivity contribution in [3.63, 3.8) is 0 Å². The van der Waals surface area contributed by atoms with Crippen LogP contribution < -0.4 is 5.69 Å². The molecule has 0 aliphatic heterocycles. The first-order valence-corrected chi connectivity index (χ1v) is 5.89. The molecule has 0 saturated heterocycles.